The molecule has 20 heavy (non-hydrogen) atoms. The predicted molar refractivity (Wildman–Crippen MR) is 81.7 cm³/mol. The molecule has 0 aliphatic carbocycles. The van der Waals surface area contributed by atoms with E-state index < -0.39 is 10.0 Å². The number of hydrogen-bond donors (Lipinski definition) is 1. The van der Waals surface area contributed by atoms with Gasteiger partial charge in [0, 0.05) is 31.7 Å². The van der Waals surface area contributed by atoms with Crippen LogP contribution < -0.4 is 4.72 Å². The van der Waals surface area contributed by atoms with Crippen LogP contribution >= 0.6 is 0 Å². The summed E-state index contributed by atoms with van der Waals surface area (Å²) in [6, 6.07) is 7.55. The summed E-state index contributed by atoms with van der Waals surface area (Å²) in [5.41, 5.74) is 1.83. The van der Waals surface area contributed by atoms with Gasteiger partial charge >= 0.3 is 0 Å². The molecule has 0 bridgehead atoms. The highest BCUT2D eigenvalue weighted by Crippen LogP contribution is 2.13. The minimum Gasteiger partial charge on any atom is -0.362 e. The molecule has 0 saturated heterocycles. The van der Waals surface area contributed by atoms with Crippen LogP contribution in [0.2, 0.25) is 0 Å². The van der Waals surface area contributed by atoms with Crippen LogP contribution in [0, 0.1) is 0 Å². The van der Waals surface area contributed by atoms with E-state index in [4.69, 9.17) is 0 Å². The maximum Gasteiger partial charge on any atom is 0.229 e. The zero-order valence-electron chi connectivity index (χ0n) is 11.9. The quantitative estimate of drug-likeness (QED) is 0.867. The van der Waals surface area contributed by atoms with E-state index in [0.717, 1.165) is 32.3 Å². The van der Waals surface area contributed by atoms with Crippen LogP contribution in [-0.4, -0.2) is 44.7 Å². The maximum absolute atomic E-state index is 11.1. The van der Waals surface area contributed by atoms with Crippen molar-refractivity contribution in [2.24, 2.45) is 0 Å². The lowest BCUT2D eigenvalue weighted by atomic mass is 10.1. The van der Waals surface area contributed by atoms with Gasteiger partial charge in [-0.05, 0) is 30.5 Å². The Kier molecular flexibility index (Phi) is 4.54. The van der Waals surface area contributed by atoms with Gasteiger partial charge in [-0.3, -0.25) is 4.72 Å². The molecule has 0 radical (unpaired) electrons. The number of nitrogens with zero attached hydrogens (tertiary/aromatic N) is 2. The Labute approximate surface area is 120 Å². The number of sulfonamides is 1. The third kappa shape index (κ3) is 4.77. The number of anilines is 1. The van der Waals surface area contributed by atoms with E-state index in [2.05, 4.69) is 34.0 Å². The molecule has 1 heterocycles. The van der Waals surface area contributed by atoms with Crippen molar-refractivity contribution in [3.63, 3.8) is 0 Å². The highest BCUT2D eigenvalue weighted by Gasteiger charge is 2.07. The lowest BCUT2D eigenvalue weighted by molar-refractivity contribution is 0.294. The van der Waals surface area contributed by atoms with E-state index in [1.54, 1.807) is 12.1 Å². The summed E-state index contributed by atoms with van der Waals surface area (Å²) in [5.74, 6) is 0. The molecule has 0 amide bonds. The Morgan fingerprint density at radius 3 is 2.45 bits per heavy atom. The minimum absolute atomic E-state index is 0.611. The van der Waals surface area contributed by atoms with E-state index >= 15 is 0 Å². The van der Waals surface area contributed by atoms with Gasteiger partial charge in [0.2, 0.25) is 10.0 Å². The lowest BCUT2D eigenvalue weighted by Gasteiger charge is -2.17. The smallest absolute Gasteiger partial charge is 0.229 e. The predicted octanol–water partition coefficient (Wildman–Crippen LogP) is 1.67. The van der Waals surface area contributed by atoms with E-state index in [1.807, 2.05) is 12.1 Å². The number of rotatable bonds is 6. The number of nitrogens with one attached hydrogen (secondary N) is 1. The molecular formula is C14H21N3O2S. The first-order valence-corrected chi connectivity index (χ1v) is 8.51. The molecule has 0 fully saturated rings. The number of benzene rings is 1. The van der Waals surface area contributed by atoms with Gasteiger partial charge in [-0.15, -0.1) is 0 Å². The molecule has 1 N–H and O–H groups in total. The Bertz CT molecular complexity index is 567. The standard InChI is InChI=1S/C14H21N3O2S/c1-16-10-11-17(12-16)9-3-4-13-5-7-14(8-6-13)15-20(2,18)19/h5-8,10-11,15H,3-4,9,12H2,1-2H3. The molecule has 0 atom stereocenters. The number of aryl methyl sites for hydroxylation is 1. The largest absolute Gasteiger partial charge is 0.362 e. The SMILES string of the molecule is CN1C=CN(CCCc2ccc(NS(C)(=O)=O)cc2)C1. The highest BCUT2D eigenvalue weighted by molar-refractivity contribution is 7.92. The molecule has 0 spiro atoms. The molecule has 5 nitrogen and oxygen atoms in total. The Balaban J connectivity index is 1.78. The fraction of sp³-hybridized carbons (Fsp3) is 0.429. The topological polar surface area (TPSA) is 52.6 Å². The maximum atomic E-state index is 11.1. The molecule has 0 unspecified atom stereocenters. The van der Waals surface area contributed by atoms with Crippen molar-refractivity contribution in [1.29, 1.82) is 0 Å². The lowest BCUT2D eigenvalue weighted by Crippen LogP contribution is -2.23. The first-order chi connectivity index (χ1) is 9.42. The van der Waals surface area contributed by atoms with Gasteiger partial charge in [0.25, 0.3) is 0 Å². The summed E-state index contributed by atoms with van der Waals surface area (Å²) in [5, 5.41) is 0. The molecule has 110 valence electrons. The van der Waals surface area contributed by atoms with Crippen LogP contribution in [0.4, 0.5) is 5.69 Å². The average Bonchev–Trinajstić information content (AvgIpc) is 2.75. The Hall–Kier alpha value is -1.69. The third-order valence-corrected chi connectivity index (χ3v) is 3.71. The Morgan fingerprint density at radius 2 is 1.90 bits per heavy atom. The normalized spacial score (nSPS) is 14.9. The molecule has 1 aliphatic heterocycles. The fourth-order valence-electron chi connectivity index (χ4n) is 2.17. The summed E-state index contributed by atoms with van der Waals surface area (Å²) < 4.78 is 24.7. The summed E-state index contributed by atoms with van der Waals surface area (Å²) in [4.78, 5) is 4.42. The monoisotopic (exact) mass is 295 g/mol. The van der Waals surface area contributed by atoms with Gasteiger partial charge in [0.1, 0.15) is 0 Å². The van der Waals surface area contributed by atoms with Gasteiger partial charge < -0.3 is 9.80 Å². The second-order valence-corrected chi connectivity index (χ2v) is 6.93. The van der Waals surface area contributed by atoms with E-state index in [-0.39, 0.29) is 0 Å². The first kappa shape index (κ1) is 14.7. The molecular weight excluding hydrogens is 274 g/mol. The minimum atomic E-state index is -3.19. The fourth-order valence-corrected chi connectivity index (χ4v) is 2.74. The van der Waals surface area contributed by atoms with E-state index in [9.17, 15) is 8.42 Å². The summed E-state index contributed by atoms with van der Waals surface area (Å²) >= 11 is 0. The van der Waals surface area contributed by atoms with Crippen molar-refractivity contribution in [3.8, 4) is 0 Å². The van der Waals surface area contributed by atoms with Crippen LogP contribution in [0.3, 0.4) is 0 Å². The van der Waals surface area contributed by atoms with Gasteiger partial charge in [-0.1, -0.05) is 12.1 Å². The van der Waals surface area contributed by atoms with Crippen molar-refractivity contribution >= 4 is 15.7 Å². The first-order valence-electron chi connectivity index (χ1n) is 6.62. The molecule has 1 aliphatic rings. The van der Waals surface area contributed by atoms with E-state index in [1.165, 1.54) is 5.56 Å². The van der Waals surface area contributed by atoms with E-state index in [0.29, 0.717) is 5.69 Å². The zero-order valence-corrected chi connectivity index (χ0v) is 12.7. The molecule has 6 heteroatoms. The molecule has 0 aromatic heterocycles. The highest BCUT2D eigenvalue weighted by atomic mass is 32.2. The van der Waals surface area contributed by atoms with Gasteiger partial charge in [-0.2, -0.15) is 0 Å². The summed E-state index contributed by atoms with van der Waals surface area (Å²) in [6.07, 6.45) is 7.41. The van der Waals surface area contributed by atoms with Crippen LogP contribution in [0.15, 0.2) is 36.7 Å². The number of hydrogen-bond acceptors (Lipinski definition) is 4. The average molecular weight is 295 g/mol. The second kappa shape index (κ2) is 6.17. The van der Waals surface area contributed by atoms with Crippen molar-refractivity contribution in [2.45, 2.75) is 12.8 Å². The van der Waals surface area contributed by atoms with Crippen LogP contribution in [0.1, 0.15) is 12.0 Å². The van der Waals surface area contributed by atoms with Gasteiger partial charge in [-0.25, -0.2) is 8.42 Å². The van der Waals surface area contributed by atoms with Gasteiger partial charge in [0.15, 0.2) is 0 Å². The van der Waals surface area contributed by atoms with Crippen LogP contribution in [0.5, 0.6) is 0 Å². The molecule has 1 aromatic carbocycles. The second-order valence-electron chi connectivity index (χ2n) is 5.18. The molecule has 1 aromatic rings. The zero-order chi connectivity index (χ0) is 14.6. The Morgan fingerprint density at radius 1 is 1.20 bits per heavy atom. The summed E-state index contributed by atoms with van der Waals surface area (Å²) in [7, 11) is -1.13. The van der Waals surface area contributed by atoms with Crippen molar-refractivity contribution in [2.75, 3.05) is 31.2 Å². The summed E-state index contributed by atoms with van der Waals surface area (Å²) in [6.45, 7) is 1.99. The van der Waals surface area contributed by atoms with Crippen molar-refractivity contribution in [1.82, 2.24) is 9.80 Å². The van der Waals surface area contributed by atoms with Crippen LogP contribution in [-0.2, 0) is 16.4 Å². The van der Waals surface area contributed by atoms with Gasteiger partial charge in [0.05, 0.1) is 12.9 Å². The third-order valence-electron chi connectivity index (χ3n) is 3.10. The van der Waals surface area contributed by atoms with Crippen molar-refractivity contribution < 1.29 is 8.42 Å². The molecule has 2 rings (SSSR count). The van der Waals surface area contributed by atoms with Crippen molar-refractivity contribution in [3.05, 3.63) is 42.2 Å². The van der Waals surface area contributed by atoms with Crippen LogP contribution in [0.25, 0.3) is 0 Å². The molecule has 0 saturated carbocycles.